The summed E-state index contributed by atoms with van der Waals surface area (Å²) >= 11 is 0. The van der Waals surface area contributed by atoms with Gasteiger partial charge in [-0.3, -0.25) is 4.79 Å². The molecule has 0 radical (unpaired) electrons. The molecule has 1 saturated carbocycles. The second-order valence-electron chi connectivity index (χ2n) is 14.2. The lowest BCUT2D eigenvalue weighted by Gasteiger charge is -2.56. The molecule has 49 heavy (non-hydrogen) atoms. The Hall–Kier alpha value is -2.48. The highest BCUT2D eigenvalue weighted by Gasteiger charge is 2.67. The Kier molecular flexibility index (Phi) is 10.3. The lowest BCUT2D eigenvalue weighted by atomic mass is 9.46. The van der Waals surface area contributed by atoms with Gasteiger partial charge in [0, 0.05) is 16.6 Å². The van der Waals surface area contributed by atoms with Gasteiger partial charge in [-0.1, -0.05) is 19.9 Å². The lowest BCUT2D eigenvalue weighted by molar-refractivity contribution is -0.337. The summed E-state index contributed by atoms with van der Waals surface area (Å²) < 4.78 is 39.7. The number of rotatable bonds is 10. The van der Waals surface area contributed by atoms with E-state index in [0.29, 0.717) is 30.4 Å². The Bertz CT molecular complexity index is 1370. The van der Waals surface area contributed by atoms with Crippen LogP contribution in [-0.2, 0) is 38.0 Å². The lowest BCUT2D eigenvalue weighted by Crippen LogP contribution is -2.62. The zero-order valence-corrected chi connectivity index (χ0v) is 27.4. The summed E-state index contributed by atoms with van der Waals surface area (Å²) in [4.78, 5) is 26.4. The Labute approximate surface area is 282 Å². The zero-order valence-electron chi connectivity index (χ0n) is 27.4. The summed E-state index contributed by atoms with van der Waals surface area (Å²) in [5.41, 5.74) is -0.654. The number of carbonyl (C=O) groups is 2. The standard InChI is InChI=1S/C33H46O16/c1-32(16-9-21(49-29(16)42)33(2)15(28(41)43-3)5-4-6-20(32)33)10-17(14-7-8-44-12-14)46-31-27(40)25(38)23(36)19(48-31)13-45-30-26(39)24(37)22(35)18(11-34)47-30/h5,7-8,12,16-27,30-31,34-40H,4,6,9-11,13H2,1-3H3/t16-,17-,18+,19+,20-,21-,22+,23+,24-,25-,26+,27+,30+,31+,32+,33-/m0/s1. The molecule has 16 heteroatoms. The van der Waals surface area contributed by atoms with Crippen LogP contribution >= 0.6 is 0 Å². The molecule has 0 unspecified atom stereocenters. The number of fused-ring (bicyclic) bond motifs is 4. The minimum Gasteiger partial charge on any atom is -0.472 e. The van der Waals surface area contributed by atoms with E-state index >= 15 is 0 Å². The van der Waals surface area contributed by atoms with Crippen molar-refractivity contribution in [2.24, 2.45) is 22.7 Å². The van der Waals surface area contributed by atoms with Gasteiger partial charge in [-0.15, -0.1) is 0 Å². The monoisotopic (exact) mass is 698 g/mol. The number of carbonyl (C=O) groups excluding carboxylic acids is 2. The molecule has 4 heterocycles. The molecule has 16 atom stereocenters. The Balaban J connectivity index is 1.24. The van der Waals surface area contributed by atoms with Crippen molar-refractivity contribution in [1.29, 1.82) is 0 Å². The van der Waals surface area contributed by atoms with Crippen molar-refractivity contribution in [3.05, 3.63) is 35.8 Å². The van der Waals surface area contributed by atoms with Gasteiger partial charge in [0.05, 0.1) is 44.9 Å². The first kappa shape index (κ1) is 36.3. The van der Waals surface area contributed by atoms with Crippen molar-refractivity contribution < 1.29 is 78.2 Å². The first-order valence-corrected chi connectivity index (χ1v) is 16.5. The summed E-state index contributed by atoms with van der Waals surface area (Å²) in [6.07, 6.45) is -10.7. The fourth-order valence-electron chi connectivity index (χ4n) is 8.77. The van der Waals surface area contributed by atoms with Gasteiger partial charge < -0.3 is 68.6 Å². The van der Waals surface area contributed by atoms with Gasteiger partial charge in [0.25, 0.3) is 0 Å². The summed E-state index contributed by atoms with van der Waals surface area (Å²) in [6.45, 7) is 2.69. The number of hydrogen-bond acceptors (Lipinski definition) is 16. The van der Waals surface area contributed by atoms with E-state index in [1.807, 2.05) is 19.9 Å². The number of allylic oxidation sites excluding steroid dienone is 1. The van der Waals surface area contributed by atoms with E-state index in [-0.39, 0.29) is 18.3 Å². The molecule has 274 valence electrons. The molecule has 16 nitrogen and oxygen atoms in total. The maximum atomic E-state index is 13.4. The van der Waals surface area contributed by atoms with Crippen molar-refractivity contribution in [2.45, 2.75) is 113 Å². The summed E-state index contributed by atoms with van der Waals surface area (Å²) in [5.74, 6) is -1.62. The SMILES string of the molecule is COC(=O)C1=CCC[C@H]2[C@](C)(C[C@H](O[C@@H]3O[C@H](CO[C@@H]4O[C@H](CO)[C@@H](O)[C@H](O)[C@H]4O)[C@@H](O)[C@H](O)[C@H]3O)c3ccoc3)[C@H]3C[C@H](OC3=O)[C@@]12C. The predicted molar refractivity (Wildman–Crippen MR) is 161 cm³/mol. The summed E-state index contributed by atoms with van der Waals surface area (Å²) in [6, 6.07) is 1.66. The first-order valence-electron chi connectivity index (χ1n) is 16.5. The van der Waals surface area contributed by atoms with Gasteiger partial charge in [0.1, 0.15) is 54.9 Å². The van der Waals surface area contributed by atoms with Gasteiger partial charge >= 0.3 is 11.9 Å². The summed E-state index contributed by atoms with van der Waals surface area (Å²) in [5, 5.41) is 72.6. The van der Waals surface area contributed by atoms with E-state index in [2.05, 4.69) is 0 Å². The molecule has 5 aliphatic rings. The highest BCUT2D eigenvalue weighted by molar-refractivity contribution is 5.91. The fourth-order valence-corrected chi connectivity index (χ4v) is 8.77. The molecule has 3 saturated heterocycles. The predicted octanol–water partition coefficient (Wildman–Crippen LogP) is -1.18. The molecule has 0 aromatic carbocycles. The van der Waals surface area contributed by atoms with E-state index in [1.165, 1.54) is 19.6 Å². The van der Waals surface area contributed by atoms with E-state index in [1.54, 1.807) is 6.07 Å². The quantitative estimate of drug-likeness (QED) is 0.142. The van der Waals surface area contributed by atoms with E-state index in [4.69, 9.17) is 32.8 Å². The fraction of sp³-hybridized carbons (Fsp3) is 0.758. The van der Waals surface area contributed by atoms with Crippen molar-refractivity contribution in [1.82, 2.24) is 0 Å². The Morgan fingerprint density at radius 3 is 2.31 bits per heavy atom. The van der Waals surface area contributed by atoms with E-state index in [0.717, 1.165) is 0 Å². The van der Waals surface area contributed by atoms with Crippen molar-refractivity contribution in [3.63, 3.8) is 0 Å². The molecule has 3 aliphatic heterocycles. The number of furan rings is 1. The molecular weight excluding hydrogens is 652 g/mol. The largest absolute Gasteiger partial charge is 0.472 e. The van der Waals surface area contributed by atoms with Gasteiger partial charge in [-0.25, -0.2) is 4.79 Å². The minimum atomic E-state index is -1.77. The molecule has 7 N–H and O–H groups in total. The second-order valence-corrected chi connectivity index (χ2v) is 14.2. The van der Waals surface area contributed by atoms with Crippen LogP contribution in [-0.4, -0.2) is 136 Å². The molecule has 2 aliphatic carbocycles. The third kappa shape index (κ3) is 6.14. The topological polar surface area (TPSA) is 244 Å². The highest BCUT2D eigenvalue weighted by Crippen LogP contribution is 2.66. The summed E-state index contributed by atoms with van der Waals surface area (Å²) in [7, 11) is 1.31. The number of methoxy groups -OCH3 is 1. The zero-order chi connectivity index (χ0) is 35.4. The molecule has 2 bridgehead atoms. The van der Waals surface area contributed by atoms with Crippen LogP contribution in [0.4, 0.5) is 0 Å². The van der Waals surface area contributed by atoms with Gasteiger partial charge in [-0.2, -0.15) is 0 Å². The average molecular weight is 699 g/mol. The van der Waals surface area contributed by atoms with Crippen LogP contribution < -0.4 is 0 Å². The van der Waals surface area contributed by atoms with Crippen molar-refractivity contribution >= 4 is 11.9 Å². The van der Waals surface area contributed by atoms with Crippen LogP contribution in [0.5, 0.6) is 0 Å². The number of aliphatic hydroxyl groups excluding tert-OH is 7. The van der Waals surface area contributed by atoms with Crippen LogP contribution in [0.1, 0.15) is 51.2 Å². The third-order valence-electron chi connectivity index (χ3n) is 11.5. The van der Waals surface area contributed by atoms with Gasteiger partial charge in [0.2, 0.25) is 0 Å². The third-order valence-corrected chi connectivity index (χ3v) is 11.5. The molecule has 6 rings (SSSR count). The van der Waals surface area contributed by atoms with Crippen LogP contribution in [0.25, 0.3) is 0 Å². The Morgan fingerprint density at radius 1 is 0.980 bits per heavy atom. The van der Waals surface area contributed by atoms with Crippen LogP contribution in [0.15, 0.2) is 34.7 Å². The number of esters is 2. The van der Waals surface area contributed by atoms with Gasteiger partial charge in [-0.05, 0) is 43.1 Å². The second kappa shape index (κ2) is 13.9. The first-order chi connectivity index (χ1) is 23.3. The van der Waals surface area contributed by atoms with E-state index < -0.39 is 110 Å². The molecule has 0 amide bonds. The smallest absolute Gasteiger partial charge is 0.334 e. The maximum Gasteiger partial charge on any atom is 0.334 e. The normalized spacial score (nSPS) is 45.6. The van der Waals surface area contributed by atoms with Crippen molar-refractivity contribution in [3.8, 4) is 0 Å². The molecular formula is C33H46O16. The number of ether oxygens (including phenoxy) is 6. The van der Waals surface area contributed by atoms with E-state index in [9.17, 15) is 45.3 Å². The van der Waals surface area contributed by atoms with Gasteiger partial charge in [0.15, 0.2) is 12.6 Å². The number of aliphatic hydroxyl groups is 7. The molecule has 4 fully saturated rings. The molecule has 1 aromatic heterocycles. The molecule has 1 aromatic rings. The average Bonchev–Trinajstić information content (AvgIpc) is 3.76. The minimum absolute atomic E-state index is 0.186. The van der Waals surface area contributed by atoms with Crippen LogP contribution in [0.3, 0.4) is 0 Å². The van der Waals surface area contributed by atoms with Crippen LogP contribution in [0, 0.1) is 22.7 Å². The maximum absolute atomic E-state index is 13.4. The number of hydrogen-bond donors (Lipinski definition) is 7. The van der Waals surface area contributed by atoms with Crippen molar-refractivity contribution in [2.75, 3.05) is 20.3 Å². The highest BCUT2D eigenvalue weighted by atomic mass is 16.7. The molecule has 0 spiro atoms. The van der Waals surface area contributed by atoms with Crippen LogP contribution in [0.2, 0.25) is 0 Å². The Morgan fingerprint density at radius 2 is 1.65 bits per heavy atom.